The van der Waals surface area contributed by atoms with E-state index in [1.807, 2.05) is 0 Å². The largest absolute Gasteiger partial charge is 0.367 e. The van der Waals surface area contributed by atoms with Crippen LogP contribution in [0.15, 0.2) is 6.20 Å². The molecule has 1 saturated carbocycles. The minimum absolute atomic E-state index is 0.200. The normalized spacial score (nSPS) is 17.3. The molecule has 0 aromatic carbocycles. The number of nitrogens with two attached hydrogens (primary N) is 1. The van der Waals surface area contributed by atoms with Crippen LogP contribution in [0.3, 0.4) is 0 Å². The van der Waals surface area contributed by atoms with Gasteiger partial charge in [0.05, 0.1) is 6.20 Å². The molecule has 15 heavy (non-hydrogen) atoms. The number of halogens is 1. The van der Waals surface area contributed by atoms with Gasteiger partial charge in [0.25, 0.3) is 0 Å². The summed E-state index contributed by atoms with van der Waals surface area (Å²) < 4.78 is 13.2. The maximum atomic E-state index is 13.2. The Labute approximate surface area is 87.3 Å². The van der Waals surface area contributed by atoms with E-state index in [1.54, 1.807) is 0 Å². The smallest absolute Gasteiger partial charge is 0.239 e. The number of aromatic nitrogens is 2. The van der Waals surface area contributed by atoms with Gasteiger partial charge in [-0.1, -0.05) is 6.92 Å². The fourth-order valence-corrected chi connectivity index (χ4v) is 1.25. The van der Waals surface area contributed by atoms with Crippen molar-refractivity contribution in [3.63, 3.8) is 0 Å². The minimum Gasteiger partial charge on any atom is -0.367 e. The molecule has 0 unspecified atom stereocenters. The van der Waals surface area contributed by atoms with Crippen LogP contribution in [0.25, 0.3) is 0 Å². The molecule has 0 saturated heterocycles. The van der Waals surface area contributed by atoms with Crippen molar-refractivity contribution < 1.29 is 4.39 Å². The van der Waals surface area contributed by atoms with Crippen molar-refractivity contribution in [1.82, 2.24) is 9.97 Å². The second-order valence-electron chi connectivity index (χ2n) is 4.20. The fourth-order valence-electron chi connectivity index (χ4n) is 1.25. The monoisotopic (exact) mass is 211 g/mol. The average molecular weight is 211 g/mol. The molecule has 1 aliphatic carbocycles. The first-order valence-corrected chi connectivity index (χ1v) is 4.86. The Kier molecular flexibility index (Phi) is 2.44. The van der Waals surface area contributed by atoms with E-state index in [0.717, 1.165) is 12.7 Å². The lowest BCUT2D eigenvalue weighted by Crippen LogP contribution is -2.16. The number of nitrogens with one attached hydrogen (secondary N) is 2. The predicted octanol–water partition coefficient (Wildman–Crippen LogP) is 1.11. The molecule has 2 rings (SSSR count). The standard InChI is InChI=1S/C9H14FN5/c1-9(2-3-9)5-13-7-6(10)4-12-8(14-7)15-11/h4H,2-3,5,11H2,1H3,(H2,12,13,14,15). The van der Waals surface area contributed by atoms with E-state index in [9.17, 15) is 4.39 Å². The molecule has 1 fully saturated rings. The lowest BCUT2D eigenvalue weighted by atomic mass is 10.1. The van der Waals surface area contributed by atoms with Gasteiger partial charge in [0.15, 0.2) is 11.6 Å². The zero-order valence-corrected chi connectivity index (χ0v) is 8.55. The van der Waals surface area contributed by atoms with Crippen LogP contribution in [-0.4, -0.2) is 16.5 Å². The second kappa shape index (κ2) is 3.62. The Morgan fingerprint density at radius 3 is 2.93 bits per heavy atom. The van der Waals surface area contributed by atoms with Crippen LogP contribution in [0.1, 0.15) is 19.8 Å². The van der Waals surface area contributed by atoms with Gasteiger partial charge in [-0.25, -0.2) is 15.2 Å². The van der Waals surface area contributed by atoms with Crippen LogP contribution in [0.5, 0.6) is 0 Å². The SMILES string of the molecule is CC1(CNc2nc(NN)ncc2F)CC1. The highest BCUT2D eigenvalue weighted by Crippen LogP contribution is 2.44. The molecule has 0 spiro atoms. The number of rotatable bonds is 4. The van der Waals surface area contributed by atoms with Crippen LogP contribution in [0.4, 0.5) is 16.2 Å². The van der Waals surface area contributed by atoms with E-state index < -0.39 is 5.82 Å². The van der Waals surface area contributed by atoms with Crippen molar-refractivity contribution in [3.05, 3.63) is 12.0 Å². The summed E-state index contributed by atoms with van der Waals surface area (Å²) in [5.74, 6) is 5.09. The maximum Gasteiger partial charge on any atom is 0.239 e. The van der Waals surface area contributed by atoms with Crippen LogP contribution in [-0.2, 0) is 0 Å². The Bertz CT molecular complexity index is 364. The minimum atomic E-state index is -0.460. The highest BCUT2D eigenvalue weighted by molar-refractivity contribution is 5.40. The quantitative estimate of drug-likeness (QED) is 0.514. The third-order valence-electron chi connectivity index (χ3n) is 2.66. The molecule has 1 aromatic rings. The van der Waals surface area contributed by atoms with Crippen LogP contribution >= 0.6 is 0 Å². The van der Waals surface area contributed by atoms with Gasteiger partial charge in [-0.15, -0.1) is 0 Å². The van der Waals surface area contributed by atoms with Gasteiger partial charge >= 0.3 is 0 Å². The van der Waals surface area contributed by atoms with Crippen molar-refractivity contribution in [2.24, 2.45) is 11.3 Å². The average Bonchev–Trinajstić information content (AvgIpc) is 2.96. The summed E-state index contributed by atoms with van der Waals surface area (Å²) in [6.07, 6.45) is 3.45. The highest BCUT2D eigenvalue weighted by atomic mass is 19.1. The van der Waals surface area contributed by atoms with Gasteiger partial charge in [-0.2, -0.15) is 4.98 Å². The molecule has 0 radical (unpaired) electrons. The zero-order chi connectivity index (χ0) is 10.9. The molecular formula is C9H14FN5. The van der Waals surface area contributed by atoms with E-state index in [1.165, 1.54) is 12.8 Å². The first-order chi connectivity index (χ1) is 7.13. The third-order valence-corrected chi connectivity index (χ3v) is 2.66. The van der Waals surface area contributed by atoms with Crippen LogP contribution < -0.4 is 16.6 Å². The number of nitrogens with zero attached hydrogens (tertiary/aromatic N) is 2. The highest BCUT2D eigenvalue weighted by Gasteiger charge is 2.37. The van der Waals surface area contributed by atoms with Gasteiger partial charge < -0.3 is 5.32 Å². The van der Waals surface area contributed by atoms with Crippen LogP contribution in [0, 0.1) is 11.2 Å². The number of hydrogen-bond donors (Lipinski definition) is 3. The molecule has 4 N–H and O–H groups in total. The molecule has 5 nitrogen and oxygen atoms in total. The van der Waals surface area contributed by atoms with Crippen molar-refractivity contribution in [3.8, 4) is 0 Å². The van der Waals surface area contributed by atoms with Gasteiger partial charge in [0.2, 0.25) is 5.95 Å². The Morgan fingerprint density at radius 2 is 2.33 bits per heavy atom. The molecule has 1 aromatic heterocycles. The summed E-state index contributed by atoms with van der Waals surface area (Å²) in [6.45, 7) is 2.88. The Morgan fingerprint density at radius 1 is 1.60 bits per heavy atom. The van der Waals surface area contributed by atoms with Crippen molar-refractivity contribution in [2.75, 3.05) is 17.3 Å². The van der Waals surface area contributed by atoms with Gasteiger partial charge in [0.1, 0.15) is 0 Å². The molecule has 0 bridgehead atoms. The molecule has 1 heterocycles. The van der Waals surface area contributed by atoms with E-state index in [4.69, 9.17) is 5.84 Å². The summed E-state index contributed by atoms with van der Waals surface area (Å²) in [6, 6.07) is 0. The number of nitrogen functional groups attached to an aromatic ring is 1. The van der Waals surface area contributed by atoms with Gasteiger partial charge in [0, 0.05) is 6.54 Å². The van der Waals surface area contributed by atoms with Crippen LogP contribution in [0.2, 0.25) is 0 Å². The summed E-state index contributed by atoms with van der Waals surface area (Å²) >= 11 is 0. The molecule has 0 aliphatic heterocycles. The molecule has 6 heteroatoms. The molecular weight excluding hydrogens is 197 g/mol. The summed E-state index contributed by atoms with van der Waals surface area (Å²) in [5.41, 5.74) is 2.58. The second-order valence-corrected chi connectivity index (χ2v) is 4.20. The Hall–Kier alpha value is -1.43. The first kappa shape index (κ1) is 10.1. The van der Waals surface area contributed by atoms with Gasteiger partial charge in [-0.3, -0.25) is 5.43 Å². The van der Waals surface area contributed by atoms with Crippen molar-refractivity contribution in [1.29, 1.82) is 0 Å². The van der Waals surface area contributed by atoms with Crippen molar-refractivity contribution in [2.45, 2.75) is 19.8 Å². The number of anilines is 2. The molecule has 0 atom stereocenters. The van der Waals surface area contributed by atoms with Crippen molar-refractivity contribution >= 4 is 11.8 Å². The fraction of sp³-hybridized carbons (Fsp3) is 0.556. The third kappa shape index (κ3) is 2.33. The zero-order valence-electron chi connectivity index (χ0n) is 8.55. The summed E-state index contributed by atoms with van der Waals surface area (Å²) in [5, 5.41) is 2.97. The lowest BCUT2D eigenvalue weighted by Gasteiger charge is -2.11. The first-order valence-electron chi connectivity index (χ1n) is 4.86. The Balaban J connectivity index is 2.05. The molecule has 82 valence electrons. The van der Waals surface area contributed by atoms with Gasteiger partial charge in [-0.05, 0) is 18.3 Å². The number of hydrazine groups is 1. The van der Waals surface area contributed by atoms with E-state index >= 15 is 0 Å². The maximum absolute atomic E-state index is 13.2. The summed E-state index contributed by atoms with van der Waals surface area (Å²) in [4.78, 5) is 7.54. The van der Waals surface area contributed by atoms with E-state index in [2.05, 4.69) is 27.6 Å². The molecule has 1 aliphatic rings. The number of hydrogen-bond acceptors (Lipinski definition) is 5. The lowest BCUT2D eigenvalue weighted by molar-refractivity contribution is 0.590. The van der Waals surface area contributed by atoms with E-state index in [0.29, 0.717) is 5.41 Å². The van der Waals surface area contributed by atoms with E-state index in [-0.39, 0.29) is 11.8 Å². The predicted molar refractivity (Wildman–Crippen MR) is 55.6 cm³/mol. The molecule has 0 amide bonds. The topological polar surface area (TPSA) is 75.9 Å². The summed E-state index contributed by atoms with van der Waals surface area (Å²) in [7, 11) is 0.